The lowest BCUT2D eigenvalue weighted by molar-refractivity contribution is -0.134. The van der Waals surface area contributed by atoms with Gasteiger partial charge in [-0.3, -0.25) is 4.90 Å². The molecule has 0 bridgehead atoms. The molecule has 1 heterocycles. The van der Waals surface area contributed by atoms with Gasteiger partial charge in [0.15, 0.2) is 0 Å². The van der Waals surface area contributed by atoms with Crippen LogP contribution in [0, 0.1) is 0 Å². The molecule has 0 aliphatic carbocycles. The Bertz CT molecular complexity index is 815. The second kappa shape index (κ2) is 13.2. The number of carboxylic acid groups (broad SMARTS) is 2. The van der Waals surface area contributed by atoms with Gasteiger partial charge in [0.05, 0.1) is 7.11 Å². The Morgan fingerprint density at radius 3 is 2.10 bits per heavy atom. The maximum atomic E-state index is 9.55. The van der Waals surface area contributed by atoms with Gasteiger partial charge in [-0.05, 0) is 36.1 Å². The van der Waals surface area contributed by atoms with E-state index in [1.807, 2.05) is 0 Å². The highest BCUT2D eigenvalue weighted by Gasteiger charge is 2.22. The zero-order chi connectivity index (χ0) is 22.5. The third kappa shape index (κ3) is 9.02. The summed E-state index contributed by atoms with van der Waals surface area (Å²) in [5.74, 6) is -1.59. The maximum Gasteiger partial charge on any atom is 0.328 e. The van der Waals surface area contributed by atoms with E-state index in [0.29, 0.717) is 18.2 Å². The van der Waals surface area contributed by atoms with Gasteiger partial charge in [0.2, 0.25) is 0 Å². The van der Waals surface area contributed by atoms with Crippen LogP contribution in [0.3, 0.4) is 0 Å². The van der Waals surface area contributed by atoms with E-state index in [9.17, 15) is 9.59 Å². The molecule has 0 aromatic heterocycles. The molecule has 0 radical (unpaired) electrons. The Balaban J connectivity index is 0.000000366. The number of benzene rings is 2. The fraction of sp³-hybridized carbons (Fsp3) is 0.333. The minimum Gasteiger partial charge on any atom is -0.497 e. The summed E-state index contributed by atoms with van der Waals surface area (Å²) in [6.07, 6.45) is 3.38. The fourth-order valence-electron chi connectivity index (χ4n) is 3.47. The van der Waals surface area contributed by atoms with Gasteiger partial charge in [-0.2, -0.15) is 0 Å². The van der Waals surface area contributed by atoms with Gasteiger partial charge in [-0.15, -0.1) is 0 Å². The van der Waals surface area contributed by atoms with Crippen LogP contribution in [0.2, 0.25) is 0 Å². The van der Waals surface area contributed by atoms with Crippen LogP contribution in [0.5, 0.6) is 5.75 Å². The molecule has 2 aromatic rings. The lowest BCUT2D eigenvalue weighted by Gasteiger charge is -2.35. The summed E-state index contributed by atoms with van der Waals surface area (Å²) in [6.45, 7) is 4.40. The Labute approximate surface area is 183 Å². The molecular formula is C24H30N2O5. The molecule has 1 saturated heterocycles. The van der Waals surface area contributed by atoms with Crippen molar-refractivity contribution < 1.29 is 24.5 Å². The second-order valence-electron chi connectivity index (χ2n) is 7.11. The van der Waals surface area contributed by atoms with Crippen LogP contribution in [0.25, 0.3) is 0 Å². The van der Waals surface area contributed by atoms with E-state index in [-0.39, 0.29) is 0 Å². The summed E-state index contributed by atoms with van der Waals surface area (Å²) >= 11 is 0. The van der Waals surface area contributed by atoms with E-state index in [4.69, 9.17) is 14.9 Å². The van der Waals surface area contributed by atoms with Crippen LogP contribution < -0.4 is 10.1 Å². The number of nitrogens with one attached hydrogen (secondary N) is 1. The number of piperazine rings is 1. The number of aryl methyl sites for hydroxylation is 1. The molecule has 166 valence electrons. The Morgan fingerprint density at radius 2 is 1.58 bits per heavy atom. The minimum atomic E-state index is -1.26. The molecule has 1 atom stereocenters. The highest BCUT2D eigenvalue weighted by molar-refractivity contribution is 5.89. The summed E-state index contributed by atoms with van der Waals surface area (Å²) in [7, 11) is 1.72. The zero-order valence-corrected chi connectivity index (χ0v) is 17.7. The van der Waals surface area contributed by atoms with E-state index in [1.54, 1.807) is 7.11 Å². The molecule has 0 spiro atoms. The number of hydrogen-bond acceptors (Lipinski definition) is 5. The largest absolute Gasteiger partial charge is 0.497 e. The number of carbonyl (C=O) groups is 2. The van der Waals surface area contributed by atoms with E-state index in [1.165, 1.54) is 11.1 Å². The van der Waals surface area contributed by atoms with Crippen LogP contribution in [-0.2, 0) is 16.0 Å². The summed E-state index contributed by atoms with van der Waals surface area (Å²) < 4.78 is 5.30. The molecule has 1 unspecified atom stereocenters. The Morgan fingerprint density at radius 1 is 1.00 bits per heavy atom. The van der Waals surface area contributed by atoms with Crippen molar-refractivity contribution in [1.29, 1.82) is 0 Å². The third-order valence-corrected chi connectivity index (χ3v) is 5.01. The molecule has 7 heteroatoms. The molecule has 3 rings (SSSR count). The molecular weight excluding hydrogens is 396 g/mol. The SMILES string of the molecule is COc1ccc(C(CCc2ccccc2)N2CCNCC2)cc1.O=C(O)C=CC(=O)O. The number of rotatable bonds is 8. The zero-order valence-electron chi connectivity index (χ0n) is 17.7. The predicted octanol–water partition coefficient (Wildman–Crippen LogP) is 2.99. The van der Waals surface area contributed by atoms with Crippen LogP contribution >= 0.6 is 0 Å². The minimum absolute atomic E-state index is 0.475. The molecule has 0 saturated carbocycles. The molecule has 2 aromatic carbocycles. The van der Waals surface area contributed by atoms with Crippen LogP contribution in [-0.4, -0.2) is 60.3 Å². The van der Waals surface area contributed by atoms with Gasteiger partial charge < -0.3 is 20.3 Å². The van der Waals surface area contributed by atoms with Crippen LogP contribution in [0.4, 0.5) is 0 Å². The monoisotopic (exact) mass is 426 g/mol. The summed E-state index contributed by atoms with van der Waals surface area (Å²) in [6, 6.07) is 19.9. The lowest BCUT2D eigenvalue weighted by Crippen LogP contribution is -2.45. The quantitative estimate of drug-likeness (QED) is 0.558. The standard InChI is InChI=1S/C20H26N2O.C4H4O4/c1-23-19-10-8-18(9-11-19)20(22-15-13-21-14-16-22)12-7-17-5-3-2-4-6-17;5-3(6)1-2-4(7)8/h2-6,8-11,20-21H,7,12-16H2,1H3;1-2H,(H,5,6)(H,7,8). The summed E-state index contributed by atoms with van der Waals surface area (Å²) in [5.41, 5.74) is 2.81. The normalized spacial score (nSPS) is 15.0. The second-order valence-corrected chi connectivity index (χ2v) is 7.11. The average Bonchev–Trinajstić information content (AvgIpc) is 2.80. The number of carboxylic acids is 2. The first-order chi connectivity index (χ1) is 15.0. The Kier molecular flexibility index (Phi) is 10.3. The van der Waals surface area contributed by atoms with Crippen molar-refractivity contribution in [3.8, 4) is 5.75 Å². The van der Waals surface area contributed by atoms with Gasteiger partial charge >= 0.3 is 11.9 Å². The smallest absolute Gasteiger partial charge is 0.328 e. The van der Waals surface area contributed by atoms with Gasteiger partial charge in [-0.25, -0.2) is 9.59 Å². The van der Waals surface area contributed by atoms with Crippen molar-refractivity contribution in [3.63, 3.8) is 0 Å². The molecule has 1 aliphatic heterocycles. The average molecular weight is 427 g/mol. The first kappa shape index (κ1) is 24.1. The molecule has 7 nitrogen and oxygen atoms in total. The first-order valence-corrected chi connectivity index (χ1v) is 10.3. The number of methoxy groups -OCH3 is 1. The fourth-order valence-corrected chi connectivity index (χ4v) is 3.47. The van der Waals surface area contributed by atoms with E-state index in [2.05, 4.69) is 64.8 Å². The van der Waals surface area contributed by atoms with Crippen molar-refractivity contribution in [2.75, 3.05) is 33.3 Å². The third-order valence-electron chi connectivity index (χ3n) is 5.01. The maximum absolute atomic E-state index is 9.55. The number of nitrogens with zero attached hydrogens (tertiary/aromatic N) is 1. The molecule has 31 heavy (non-hydrogen) atoms. The van der Waals surface area contributed by atoms with Crippen LogP contribution in [0.15, 0.2) is 66.7 Å². The van der Waals surface area contributed by atoms with Gasteiger partial charge in [-0.1, -0.05) is 42.5 Å². The Hall–Kier alpha value is -3.16. The molecule has 1 fully saturated rings. The van der Waals surface area contributed by atoms with Crippen molar-refractivity contribution >= 4 is 11.9 Å². The van der Waals surface area contributed by atoms with Crippen molar-refractivity contribution in [1.82, 2.24) is 10.2 Å². The summed E-state index contributed by atoms with van der Waals surface area (Å²) in [4.78, 5) is 21.7. The highest BCUT2D eigenvalue weighted by atomic mass is 16.5. The topological polar surface area (TPSA) is 99.1 Å². The summed E-state index contributed by atoms with van der Waals surface area (Å²) in [5, 5.41) is 19.1. The first-order valence-electron chi connectivity index (χ1n) is 10.3. The molecule has 3 N–H and O–H groups in total. The number of ether oxygens (including phenoxy) is 1. The van der Waals surface area contributed by atoms with Gasteiger partial charge in [0, 0.05) is 44.4 Å². The number of aliphatic carboxylic acids is 2. The van der Waals surface area contributed by atoms with Crippen molar-refractivity contribution in [2.24, 2.45) is 0 Å². The van der Waals surface area contributed by atoms with E-state index >= 15 is 0 Å². The lowest BCUT2D eigenvalue weighted by atomic mass is 9.97. The van der Waals surface area contributed by atoms with E-state index in [0.717, 1.165) is 44.8 Å². The molecule has 0 amide bonds. The van der Waals surface area contributed by atoms with E-state index < -0.39 is 11.9 Å². The van der Waals surface area contributed by atoms with Crippen LogP contribution in [0.1, 0.15) is 23.6 Å². The highest BCUT2D eigenvalue weighted by Crippen LogP contribution is 2.28. The van der Waals surface area contributed by atoms with Gasteiger partial charge in [0.1, 0.15) is 5.75 Å². The van der Waals surface area contributed by atoms with Crippen molar-refractivity contribution in [2.45, 2.75) is 18.9 Å². The number of hydrogen-bond donors (Lipinski definition) is 3. The van der Waals surface area contributed by atoms with Crippen molar-refractivity contribution in [3.05, 3.63) is 77.9 Å². The predicted molar refractivity (Wildman–Crippen MR) is 119 cm³/mol. The van der Waals surface area contributed by atoms with Gasteiger partial charge in [0.25, 0.3) is 0 Å². The molecule has 1 aliphatic rings.